The highest BCUT2D eigenvalue weighted by Crippen LogP contribution is 2.46. The predicted octanol–water partition coefficient (Wildman–Crippen LogP) is 8.78. The van der Waals surface area contributed by atoms with Gasteiger partial charge in [0, 0.05) is 31.1 Å². The Labute approximate surface area is 323 Å². The number of ether oxygens (including phenoxy) is 3. The minimum atomic E-state index is -2.28. The summed E-state index contributed by atoms with van der Waals surface area (Å²) in [5.41, 5.74) is 4.72. The fourth-order valence-corrected chi connectivity index (χ4v) is 15.7. The number of hydrogen-bond donors (Lipinski definition) is 1. The number of aromatic nitrogens is 3. The third-order valence-corrected chi connectivity index (χ3v) is 19.5. The second-order valence-electron chi connectivity index (χ2n) is 17.1. The Morgan fingerprint density at radius 1 is 1.00 bits per heavy atom. The molecule has 3 atom stereocenters. The number of methoxy groups -OCH3 is 1. The van der Waals surface area contributed by atoms with Crippen LogP contribution in [0.3, 0.4) is 0 Å². The molecule has 4 aliphatic heterocycles. The van der Waals surface area contributed by atoms with Crippen LogP contribution in [0, 0.1) is 23.1 Å². The molecule has 3 saturated heterocycles. The largest absolute Gasteiger partial charge is 0.508 e. The van der Waals surface area contributed by atoms with Gasteiger partial charge >= 0.3 is 6.01 Å². The maximum Gasteiger partial charge on any atom is 0.319 e. The fraction of sp³-hybridized carbons (Fsp3) is 0.558. The third-order valence-electron chi connectivity index (χ3n) is 13.2. The number of rotatable bonds is 8. The first-order valence-corrected chi connectivity index (χ1v) is 22.3. The molecule has 0 unspecified atom stereocenters. The Kier molecular flexibility index (Phi) is 9.96. The van der Waals surface area contributed by atoms with Crippen LogP contribution < -0.4 is 14.4 Å². The first-order valence-electron chi connectivity index (χ1n) is 20.1. The number of piperidine rings is 1. The second-order valence-corrected chi connectivity index (χ2v) is 22.7. The van der Waals surface area contributed by atoms with E-state index >= 15 is 8.78 Å². The molecule has 0 bridgehead atoms. The van der Waals surface area contributed by atoms with E-state index in [1.54, 1.807) is 19.2 Å². The van der Waals surface area contributed by atoms with Gasteiger partial charge in [-0.3, -0.25) is 4.90 Å². The number of phenolic OH excluding ortho intramolecular Hbond substituents is 1. The monoisotopic (exact) mass is 769 g/mol. The van der Waals surface area contributed by atoms with Gasteiger partial charge in [0.2, 0.25) is 5.88 Å². The van der Waals surface area contributed by atoms with E-state index in [1.165, 1.54) is 12.1 Å². The van der Waals surface area contributed by atoms with E-state index in [9.17, 15) is 5.11 Å². The molecule has 0 aliphatic carbocycles. The van der Waals surface area contributed by atoms with Gasteiger partial charge in [-0.2, -0.15) is 9.97 Å². The Balaban J connectivity index is 1.32. The molecule has 4 aliphatic rings. The van der Waals surface area contributed by atoms with Crippen LogP contribution in [0.25, 0.3) is 32.9 Å². The first kappa shape index (κ1) is 37.9. The summed E-state index contributed by atoms with van der Waals surface area (Å²) < 4.78 is 52.3. The van der Waals surface area contributed by atoms with Gasteiger partial charge in [-0.05, 0) is 85.3 Å². The Morgan fingerprint density at radius 3 is 2.53 bits per heavy atom. The van der Waals surface area contributed by atoms with Crippen molar-refractivity contribution in [1.29, 1.82) is 0 Å². The van der Waals surface area contributed by atoms with Crippen molar-refractivity contribution >= 4 is 35.6 Å². The zero-order chi connectivity index (χ0) is 38.8. The quantitative estimate of drug-likeness (QED) is 0.140. The van der Waals surface area contributed by atoms with Crippen LogP contribution in [0.1, 0.15) is 85.6 Å². The van der Waals surface area contributed by atoms with E-state index in [-0.39, 0.29) is 57.7 Å². The average molecular weight is 770 g/mol. The zero-order valence-corrected chi connectivity index (χ0v) is 34.1. The summed E-state index contributed by atoms with van der Waals surface area (Å²) in [6.07, 6.45) is 5.93. The minimum Gasteiger partial charge on any atom is -0.508 e. The zero-order valence-electron chi connectivity index (χ0n) is 33.1. The van der Waals surface area contributed by atoms with E-state index in [4.69, 9.17) is 29.2 Å². The van der Waals surface area contributed by atoms with Gasteiger partial charge in [0.15, 0.2) is 5.82 Å². The van der Waals surface area contributed by atoms with Gasteiger partial charge in [-0.15, -0.1) is 5.54 Å². The topological polar surface area (TPSA) is 93.1 Å². The van der Waals surface area contributed by atoms with Crippen LogP contribution in [0.2, 0.25) is 16.6 Å². The highest BCUT2D eigenvalue weighted by atomic mass is 28.3. The molecular weight excluding hydrogens is 717 g/mol. The average Bonchev–Trinajstić information content (AvgIpc) is 3.66. The fourth-order valence-electron chi connectivity index (χ4n) is 10.4. The third kappa shape index (κ3) is 6.31. The molecule has 292 valence electrons. The maximum atomic E-state index is 17.5. The smallest absolute Gasteiger partial charge is 0.319 e. The van der Waals surface area contributed by atoms with Crippen molar-refractivity contribution in [3.63, 3.8) is 0 Å². The van der Waals surface area contributed by atoms with Crippen molar-refractivity contribution in [3.8, 4) is 40.4 Å². The van der Waals surface area contributed by atoms with Crippen LogP contribution >= 0.6 is 0 Å². The number of anilines is 1. The maximum absolute atomic E-state index is 17.5. The van der Waals surface area contributed by atoms with E-state index in [0.29, 0.717) is 51.8 Å². The molecule has 8 rings (SSSR count). The van der Waals surface area contributed by atoms with Crippen molar-refractivity contribution in [2.24, 2.45) is 0 Å². The molecule has 1 N–H and O–H groups in total. The van der Waals surface area contributed by atoms with Crippen LogP contribution in [0.5, 0.6) is 17.6 Å². The second kappa shape index (κ2) is 14.5. The predicted molar refractivity (Wildman–Crippen MR) is 215 cm³/mol. The standard InChI is InChI=1S/C43H53F2N5O4Si/c1-25(2)55(26(3)4,27(5)6)18-14-32-34(44)13-12-28-19-30(51)20-33(35(28)32)38-37(45)39-36-40(50-17-9-8-11-29(50)23-53-41(36)46-38)48-42(47-39)54-24-43-15-10-16-49(43)22-31(21-43)52-7/h12-13,19-20,25-27,29,31,51H,8-11,15-17,21-24H2,1-7H3/t29-,31+,43-/m0/s1. The summed E-state index contributed by atoms with van der Waals surface area (Å²) >= 11 is 0. The molecule has 12 heteroatoms. The van der Waals surface area contributed by atoms with E-state index < -0.39 is 19.7 Å². The number of hydrogen-bond acceptors (Lipinski definition) is 9. The number of pyridine rings is 1. The number of nitrogens with zero attached hydrogens (tertiary/aromatic N) is 5. The number of aromatic hydroxyl groups is 1. The molecule has 2 aromatic carbocycles. The van der Waals surface area contributed by atoms with Crippen molar-refractivity contribution in [1.82, 2.24) is 19.9 Å². The minimum absolute atomic E-state index is 0.0135. The SMILES string of the molecule is CO[C@H]1CN2CCC[C@@]2(COc2nc3c4c(nc(-c5cc(O)cc6ccc(F)c(C#C[Si](C(C)C)(C(C)C)C(C)C)c56)c(F)c4n2)OC[C@@H]2CCCCN32)C1. The highest BCUT2D eigenvalue weighted by molar-refractivity contribution is 6.90. The summed E-state index contributed by atoms with van der Waals surface area (Å²) in [6, 6.07) is 6.06. The van der Waals surface area contributed by atoms with Crippen LogP contribution in [0.15, 0.2) is 24.3 Å². The summed E-state index contributed by atoms with van der Waals surface area (Å²) in [5.74, 6) is 2.72. The number of benzene rings is 2. The van der Waals surface area contributed by atoms with E-state index in [2.05, 4.69) is 62.8 Å². The summed E-state index contributed by atoms with van der Waals surface area (Å²) in [4.78, 5) is 19.2. The van der Waals surface area contributed by atoms with Gasteiger partial charge < -0.3 is 24.2 Å². The lowest BCUT2D eigenvalue weighted by molar-refractivity contribution is 0.0997. The molecule has 0 spiro atoms. The molecule has 55 heavy (non-hydrogen) atoms. The van der Waals surface area contributed by atoms with Crippen molar-refractivity contribution in [2.45, 2.75) is 114 Å². The lowest BCUT2D eigenvalue weighted by Gasteiger charge is -2.38. The molecule has 0 amide bonds. The van der Waals surface area contributed by atoms with Crippen molar-refractivity contribution in [3.05, 3.63) is 41.5 Å². The Morgan fingerprint density at radius 2 is 1.78 bits per heavy atom. The summed E-state index contributed by atoms with van der Waals surface area (Å²) in [7, 11) is -0.529. The molecular formula is C43H53F2N5O4Si. The molecule has 9 nitrogen and oxygen atoms in total. The van der Waals surface area contributed by atoms with Gasteiger partial charge in [0.05, 0.1) is 23.2 Å². The molecule has 0 radical (unpaired) electrons. The highest BCUT2D eigenvalue weighted by Gasteiger charge is 2.49. The van der Waals surface area contributed by atoms with Crippen molar-refractivity contribution < 1.29 is 28.1 Å². The van der Waals surface area contributed by atoms with E-state index in [0.717, 1.165) is 58.2 Å². The molecule has 3 fully saturated rings. The first-order chi connectivity index (χ1) is 26.4. The summed E-state index contributed by atoms with van der Waals surface area (Å²) in [6.45, 7) is 16.5. The normalized spacial score (nSPS) is 22.6. The Hall–Kier alpha value is -4.05. The van der Waals surface area contributed by atoms with Crippen molar-refractivity contribution in [2.75, 3.05) is 44.9 Å². The Bertz CT molecular complexity index is 2180. The van der Waals surface area contributed by atoms with Crippen LogP contribution in [-0.4, -0.2) is 90.7 Å². The van der Waals surface area contributed by atoms with Crippen LogP contribution in [-0.2, 0) is 4.74 Å². The van der Waals surface area contributed by atoms with Gasteiger partial charge in [-0.25, -0.2) is 13.8 Å². The van der Waals surface area contributed by atoms with Crippen LogP contribution in [0.4, 0.5) is 14.6 Å². The summed E-state index contributed by atoms with van der Waals surface area (Å²) in [5, 5.41) is 12.3. The molecule has 0 saturated carbocycles. The molecule has 2 aromatic heterocycles. The van der Waals surface area contributed by atoms with Gasteiger partial charge in [-0.1, -0.05) is 53.5 Å². The van der Waals surface area contributed by atoms with E-state index in [1.807, 2.05) is 0 Å². The van der Waals surface area contributed by atoms with Gasteiger partial charge in [0.25, 0.3) is 0 Å². The molecule has 4 aromatic rings. The van der Waals surface area contributed by atoms with Gasteiger partial charge in [0.1, 0.15) is 55.3 Å². The number of phenols is 1. The lowest BCUT2D eigenvalue weighted by atomic mass is 9.94. The number of fused-ring (bicyclic) bond motifs is 4. The number of halogens is 2. The molecule has 6 heterocycles. The lowest BCUT2D eigenvalue weighted by Crippen LogP contribution is -2.44.